The number of fused-ring (bicyclic) bond motifs is 2. The first-order chi connectivity index (χ1) is 17.7. The lowest BCUT2D eigenvalue weighted by Crippen LogP contribution is -2.51. The van der Waals surface area contributed by atoms with E-state index in [4.69, 9.17) is 9.72 Å². The third kappa shape index (κ3) is 3.98. The maximum absolute atomic E-state index is 9.38. The zero-order valence-corrected chi connectivity index (χ0v) is 21.2. The van der Waals surface area contributed by atoms with E-state index in [1.54, 1.807) is 7.11 Å². The van der Waals surface area contributed by atoms with E-state index in [-0.39, 0.29) is 0 Å². The number of hydrogen-bond acceptors (Lipinski definition) is 5. The van der Waals surface area contributed by atoms with Gasteiger partial charge < -0.3 is 14.2 Å². The average molecular weight is 480 g/mol. The molecule has 0 N–H and O–H groups in total. The van der Waals surface area contributed by atoms with Crippen LogP contribution in [0.25, 0.3) is 21.8 Å². The molecule has 184 valence electrons. The Kier molecular flexibility index (Phi) is 6.02. The quantitative estimate of drug-likeness (QED) is 0.389. The molecule has 0 atom stereocenters. The van der Waals surface area contributed by atoms with Crippen molar-refractivity contribution in [2.75, 3.05) is 38.2 Å². The van der Waals surface area contributed by atoms with Gasteiger partial charge in [-0.05, 0) is 73.6 Å². The molecule has 2 aromatic heterocycles. The standard InChI is InChI=1S/C30H33N5O/c1-33-20-26(25-18-21(19-31)5-11-27(25)33)22-6-9-24(10-7-22)34-14-16-35(17-15-34)30-28(36-2)12-8-23-4-3-13-32-29(23)30/h3-5,8,11-13,18,20,22,24H,6-7,9-10,14-17H2,1-2H3/t22-,24+. The van der Waals surface area contributed by atoms with Crippen molar-refractivity contribution < 1.29 is 4.74 Å². The van der Waals surface area contributed by atoms with Crippen LogP contribution in [0, 0.1) is 11.3 Å². The summed E-state index contributed by atoms with van der Waals surface area (Å²) < 4.78 is 7.95. The summed E-state index contributed by atoms with van der Waals surface area (Å²) in [7, 11) is 3.86. The van der Waals surface area contributed by atoms with Crippen LogP contribution in [0.15, 0.2) is 54.9 Å². The topological polar surface area (TPSA) is 57.3 Å². The zero-order chi connectivity index (χ0) is 24.6. The van der Waals surface area contributed by atoms with Crippen LogP contribution in [0.1, 0.15) is 42.7 Å². The lowest BCUT2D eigenvalue weighted by Gasteiger charge is -2.43. The summed E-state index contributed by atoms with van der Waals surface area (Å²) >= 11 is 0. The van der Waals surface area contributed by atoms with Crippen molar-refractivity contribution in [3.8, 4) is 11.8 Å². The molecule has 0 unspecified atom stereocenters. The molecular formula is C30H33N5O. The molecule has 2 aliphatic rings. The minimum Gasteiger partial charge on any atom is -0.494 e. The number of ether oxygens (including phenoxy) is 1. The number of benzene rings is 2. The number of methoxy groups -OCH3 is 1. The van der Waals surface area contributed by atoms with Gasteiger partial charge in [-0.1, -0.05) is 6.07 Å². The average Bonchev–Trinajstić information content (AvgIpc) is 3.28. The molecule has 3 heterocycles. The van der Waals surface area contributed by atoms with Crippen LogP contribution < -0.4 is 9.64 Å². The van der Waals surface area contributed by atoms with Crippen molar-refractivity contribution >= 4 is 27.5 Å². The fraction of sp³-hybridized carbons (Fsp3) is 0.400. The molecule has 0 radical (unpaired) electrons. The van der Waals surface area contributed by atoms with Crippen molar-refractivity contribution in [1.29, 1.82) is 5.26 Å². The number of hydrogen-bond donors (Lipinski definition) is 0. The summed E-state index contributed by atoms with van der Waals surface area (Å²) in [5.41, 5.74) is 5.55. The smallest absolute Gasteiger partial charge is 0.144 e. The number of pyridine rings is 1. The molecule has 4 aromatic rings. The molecule has 1 aliphatic heterocycles. The number of aryl methyl sites for hydroxylation is 1. The Hall–Kier alpha value is -3.56. The Morgan fingerprint density at radius 2 is 1.81 bits per heavy atom. The highest BCUT2D eigenvalue weighted by atomic mass is 16.5. The Balaban J connectivity index is 1.13. The number of piperazine rings is 1. The van der Waals surface area contributed by atoms with Crippen LogP contribution in [-0.2, 0) is 7.05 Å². The molecule has 6 heteroatoms. The molecule has 2 aromatic carbocycles. The second-order valence-electron chi connectivity index (χ2n) is 10.3. The molecule has 6 rings (SSSR count). The zero-order valence-electron chi connectivity index (χ0n) is 21.2. The van der Waals surface area contributed by atoms with Crippen LogP contribution in [0.3, 0.4) is 0 Å². The summed E-state index contributed by atoms with van der Waals surface area (Å²) in [6, 6.07) is 17.3. The third-order valence-corrected chi connectivity index (χ3v) is 8.36. The molecule has 0 amide bonds. The fourth-order valence-electron chi connectivity index (χ4n) is 6.46. The number of nitrogens with zero attached hydrogens (tertiary/aromatic N) is 5. The fourth-order valence-corrected chi connectivity index (χ4v) is 6.46. The number of rotatable bonds is 4. The molecule has 6 nitrogen and oxygen atoms in total. The van der Waals surface area contributed by atoms with Gasteiger partial charge in [0.05, 0.1) is 24.3 Å². The minimum absolute atomic E-state index is 0.575. The Labute approximate surface area is 212 Å². The van der Waals surface area contributed by atoms with E-state index in [0.29, 0.717) is 12.0 Å². The van der Waals surface area contributed by atoms with E-state index >= 15 is 0 Å². The third-order valence-electron chi connectivity index (χ3n) is 8.36. The predicted octanol–water partition coefficient (Wildman–Crippen LogP) is 5.46. The van der Waals surface area contributed by atoms with Gasteiger partial charge in [-0.3, -0.25) is 9.88 Å². The molecule has 0 spiro atoms. The Morgan fingerprint density at radius 1 is 1.00 bits per heavy atom. The lowest BCUT2D eigenvalue weighted by molar-refractivity contribution is 0.141. The van der Waals surface area contributed by atoms with E-state index in [0.717, 1.165) is 54.1 Å². The number of aromatic nitrogens is 2. The second kappa shape index (κ2) is 9.48. The van der Waals surface area contributed by atoms with Crippen molar-refractivity contribution in [2.24, 2.45) is 7.05 Å². The van der Waals surface area contributed by atoms with Crippen molar-refractivity contribution in [2.45, 2.75) is 37.6 Å². The summed E-state index contributed by atoms with van der Waals surface area (Å²) in [5.74, 6) is 1.48. The van der Waals surface area contributed by atoms with Crippen LogP contribution >= 0.6 is 0 Å². The Morgan fingerprint density at radius 3 is 2.56 bits per heavy atom. The van der Waals surface area contributed by atoms with Gasteiger partial charge in [-0.25, -0.2) is 0 Å². The summed E-state index contributed by atoms with van der Waals surface area (Å²) in [6.45, 7) is 4.13. The molecule has 36 heavy (non-hydrogen) atoms. The van der Waals surface area contributed by atoms with E-state index in [1.165, 1.54) is 42.1 Å². The largest absolute Gasteiger partial charge is 0.494 e. The van der Waals surface area contributed by atoms with Crippen LogP contribution in [0.4, 0.5) is 5.69 Å². The second-order valence-corrected chi connectivity index (χ2v) is 10.3. The summed E-state index contributed by atoms with van der Waals surface area (Å²) in [6.07, 6.45) is 9.05. The van der Waals surface area contributed by atoms with Crippen molar-refractivity contribution in [3.05, 3.63) is 66.0 Å². The van der Waals surface area contributed by atoms with E-state index in [2.05, 4.69) is 64.0 Å². The van der Waals surface area contributed by atoms with Crippen molar-refractivity contribution in [3.63, 3.8) is 0 Å². The minimum atomic E-state index is 0.575. The maximum Gasteiger partial charge on any atom is 0.144 e. The number of anilines is 1. The first-order valence-corrected chi connectivity index (χ1v) is 13.1. The summed E-state index contributed by atoms with van der Waals surface area (Å²) in [4.78, 5) is 9.85. The van der Waals surface area contributed by atoms with E-state index in [9.17, 15) is 5.26 Å². The van der Waals surface area contributed by atoms with Crippen LogP contribution in [-0.4, -0.2) is 53.8 Å². The lowest BCUT2D eigenvalue weighted by atomic mass is 9.81. The summed E-state index contributed by atoms with van der Waals surface area (Å²) in [5, 5.41) is 11.8. The van der Waals surface area contributed by atoms with Crippen LogP contribution in [0.2, 0.25) is 0 Å². The van der Waals surface area contributed by atoms with Gasteiger partial charge in [0, 0.05) is 68.0 Å². The van der Waals surface area contributed by atoms with E-state index < -0.39 is 0 Å². The molecule has 1 saturated heterocycles. The highest BCUT2D eigenvalue weighted by molar-refractivity contribution is 5.94. The molecule has 1 saturated carbocycles. The van der Waals surface area contributed by atoms with E-state index in [1.807, 2.05) is 18.3 Å². The first kappa shape index (κ1) is 22.9. The van der Waals surface area contributed by atoms with Crippen molar-refractivity contribution in [1.82, 2.24) is 14.5 Å². The normalized spacial score (nSPS) is 21.1. The van der Waals surface area contributed by atoms with Gasteiger partial charge in [0.15, 0.2) is 0 Å². The maximum atomic E-state index is 9.38. The highest BCUT2D eigenvalue weighted by Gasteiger charge is 2.31. The number of nitriles is 1. The monoisotopic (exact) mass is 479 g/mol. The van der Waals surface area contributed by atoms with Gasteiger partial charge in [0.25, 0.3) is 0 Å². The van der Waals surface area contributed by atoms with Gasteiger partial charge >= 0.3 is 0 Å². The highest BCUT2D eigenvalue weighted by Crippen LogP contribution is 2.40. The Bertz CT molecular complexity index is 1440. The predicted molar refractivity (Wildman–Crippen MR) is 145 cm³/mol. The van der Waals surface area contributed by atoms with Gasteiger partial charge in [-0.2, -0.15) is 5.26 Å². The molecular weight excluding hydrogens is 446 g/mol. The molecule has 2 fully saturated rings. The molecule has 1 aliphatic carbocycles. The SMILES string of the molecule is COc1ccc2cccnc2c1N1CCN([C@H]2CC[C@@H](c3cn(C)c4ccc(C#N)cc43)CC2)CC1. The van der Waals surface area contributed by atoms with Gasteiger partial charge in [0.2, 0.25) is 0 Å². The molecule has 0 bridgehead atoms. The first-order valence-electron chi connectivity index (χ1n) is 13.1. The van der Waals surface area contributed by atoms with Gasteiger partial charge in [-0.15, -0.1) is 0 Å². The van der Waals surface area contributed by atoms with Crippen LogP contribution in [0.5, 0.6) is 5.75 Å². The van der Waals surface area contributed by atoms with Gasteiger partial charge in [0.1, 0.15) is 11.4 Å².